The highest BCUT2D eigenvalue weighted by Gasteiger charge is 2.19. The zero-order valence-electron chi connectivity index (χ0n) is 12.0. The Labute approximate surface area is 102 Å². The van der Waals surface area contributed by atoms with Crippen molar-refractivity contribution in [3.8, 4) is 0 Å². The van der Waals surface area contributed by atoms with E-state index in [9.17, 15) is 0 Å². The summed E-state index contributed by atoms with van der Waals surface area (Å²) in [6.45, 7) is 15.2. The summed E-state index contributed by atoms with van der Waals surface area (Å²) in [4.78, 5) is 0. The first kappa shape index (κ1) is 15.5. The molecule has 0 saturated carbocycles. The molecule has 1 nitrogen and oxygen atoms in total. The van der Waals surface area contributed by atoms with Crippen LogP contribution in [0, 0.1) is 5.41 Å². The molecule has 1 radical (unpaired) electrons. The molecule has 0 fully saturated rings. The highest BCUT2D eigenvalue weighted by molar-refractivity contribution is 6.40. The van der Waals surface area contributed by atoms with E-state index in [2.05, 4.69) is 67.9 Å². The molecule has 0 heterocycles. The van der Waals surface area contributed by atoms with Gasteiger partial charge in [0.15, 0.2) is 0 Å². The molecule has 2 N–H and O–H groups in total. The first-order chi connectivity index (χ1) is 7.18. The van der Waals surface area contributed by atoms with E-state index in [-0.39, 0.29) is 11.4 Å². The molecular weight excluding hydrogens is 193 g/mol. The van der Waals surface area contributed by atoms with Crippen molar-refractivity contribution in [1.82, 2.24) is 0 Å². The van der Waals surface area contributed by atoms with Crippen LogP contribution in [0.15, 0.2) is 23.3 Å². The van der Waals surface area contributed by atoms with Crippen LogP contribution in [0.1, 0.15) is 48.5 Å². The Morgan fingerprint density at radius 2 is 1.75 bits per heavy atom. The van der Waals surface area contributed by atoms with Crippen LogP contribution >= 0.6 is 0 Å². The number of hydrogen-bond acceptors (Lipinski definition) is 1. The topological polar surface area (TPSA) is 26.0 Å². The number of rotatable bonds is 4. The van der Waals surface area contributed by atoms with Crippen LogP contribution < -0.4 is 5.73 Å². The molecule has 0 aromatic carbocycles. The monoisotopic (exact) mass is 220 g/mol. The van der Waals surface area contributed by atoms with Gasteiger partial charge in [-0.05, 0) is 30.8 Å². The summed E-state index contributed by atoms with van der Waals surface area (Å²) in [5, 5.41) is 0. The third kappa shape index (κ3) is 5.55. The van der Waals surface area contributed by atoms with Gasteiger partial charge in [0.05, 0.1) is 0 Å². The molecule has 0 amide bonds. The minimum atomic E-state index is 0.0455. The SMILES string of the molecule is C/C=C(C)\C(=C/C(N)[B]C(C)C)C(C)(C)C. The fourth-order valence-corrected chi connectivity index (χ4v) is 1.82. The van der Waals surface area contributed by atoms with Crippen LogP contribution in [0.5, 0.6) is 0 Å². The zero-order valence-corrected chi connectivity index (χ0v) is 12.0. The first-order valence-corrected chi connectivity index (χ1v) is 6.14. The molecule has 0 bridgehead atoms. The molecule has 0 aliphatic carbocycles. The summed E-state index contributed by atoms with van der Waals surface area (Å²) < 4.78 is 0. The van der Waals surface area contributed by atoms with Crippen LogP contribution in [0.25, 0.3) is 0 Å². The van der Waals surface area contributed by atoms with Gasteiger partial charge in [0.25, 0.3) is 0 Å². The van der Waals surface area contributed by atoms with Gasteiger partial charge in [-0.15, -0.1) is 0 Å². The Hall–Kier alpha value is -0.495. The van der Waals surface area contributed by atoms with Gasteiger partial charge in [-0.2, -0.15) is 0 Å². The molecule has 0 aliphatic heterocycles. The van der Waals surface area contributed by atoms with Gasteiger partial charge in [-0.25, -0.2) is 0 Å². The van der Waals surface area contributed by atoms with Crippen LogP contribution in [0.2, 0.25) is 5.82 Å². The molecule has 91 valence electrons. The lowest BCUT2D eigenvalue weighted by Gasteiger charge is -2.25. The maximum atomic E-state index is 6.11. The van der Waals surface area contributed by atoms with Crippen molar-refractivity contribution in [3.63, 3.8) is 0 Å². The van der Waals surface area contributed by atoms with Crippen molar-refractivity contribution in [2.45, 2.75) is 60.2 Å². The minimum absolute atomic E-state index is 0.0455. The number of allylic oxidation sites excluding steroid dienone is 3. The predicted octanol–water partition coefficient (Wildman–Crippen LogP) is 3.74. The number of hydrogen-bond donors (Lipinski definition) is 1. The van der Waals surface area contributed by atoms with Crippen LogP contribution in [-0.4, -0.2) is 13.2 Å². The largest absolute Gasteiger partial charge is 0.332 e. The van der Waals surface area contributed by atoms with Gasteiger partial charge >= 0.3 is 0 Å². The lowest BCUT2D eigenvalue weighted by Crippen LogP contribution is -2.28. The van der Waals surface area contributed by atoms with E-state index in [1.807, 2.05) is 0 Å². The maximum Gasteiger partial charge on any atom is 0.141 e. The van der Waals surface area contributed by atoms with Crippen molar-refractivity contribution in [3.05, 3.63) is 23.3 Å². The molecule has 0 saturated heterocycles. The van der Waals surface area contributed by atoms with Crippen molar-refractivity contribution in [2.24, 2.45) is 11.1 Å². The summed E-state index contributed by atoms with van der Waals surface area (Å²) in [5.74, 6) is 0.572. The zero-order chi connectivity index (χ0) is 12.9. The fraction of sp³-hybridized carbons (Fsp3) is 0.714. The molecule has 0 rings (SSSR count). The average molecular weight is 220 g/mol. The van der Waals surface area contributed by atoms with E-state index in [0.29, 0.717) is 5.82 Å². The van der Waals surface area contributed by atoms with E-state index in [1.54, 1.807) is 0 Å². The Morgan fingerprint density at radius 1 is 1.25 bits per heavy atom. The quantitative estimate of drug-likeness (QED) is 0.566. The fourth-order valence-electron chi connectivity index (χ4n) is 1.82. The second-order valence-electron chi connectivity index (χ2n) is 5.82. The summed E-state index contributed by atoms with van der Waals surface area (Å²) in [5.41, 5.74) is 8.92. The molecule has 1 atom stereocenters. The van der Waals surface area contributed by atoms with Crippen LogP contribution in [0.4, 0.5) is 0 Å². The highest BCUT2D eigenvalue weighted by Crippen LogP contribution is 2.31. The molecule has 0 aromatic rings. The second kappa shape index (κ2) is 6.29. The van der Waals surface area contributed by atoms with Crippen LogP contribution in [0.3, 0.4) is 0 Å². The van der Waals surface area contributed by atoms with Crippen molar-refractivity contribution in [1.29, 1.82) is 0 Å². The molecule has 0 aliphatic rings. The minimum Gasteiger partial charge on any atom is -0.332 e. The molecule has 1 unspecified atom stereocenters. The van der Waals surface area contributed by atoms with Crippen molar-refractivity contribution < 1.29 is 0 Å². The average Bonchev–Trinajstić information content (AvgIpc) is 2.10. The summed E-state index contributed by atoms with van der Waals surface area (Å²) in [7, 11) is 2.18. The molecule has 0 aromatic heterocycles. The summed E-state index contributed by atoms with van der Waals surface area (Å²) in [6, 6.07) is 0. The van der Waals surface area contributed by atoms with Crippen molar-refractivity contribution in [2.75, 3.05) is 0 Å². The van der Waals surface area contributed by atoms with Gasteiger partial charge in [0.2, 0.25) is 0 Å². The van der Waals surface area contributed by atoms with Gasteiger partial charge in [-0.1, -0.05) is 58.2 Å². The van der Waals surface area contributed by atoms with E-state index in [1.165, 1.54) is 11.1 Å². The Balaban J connectivity index is 4.98. The molecular formula is C14H27BN. The Kier molecular flexibility index (Phi) is 6.10. The molecule has 16 heavy (non-hydrogen) atoms. The van der Waals surface area contributed by atoms with Gasteiger partial charge in [0, 0.05) is 0 Å². The smallest absolute Gasteiger partial charge is 0.141 e. The third-order valence-corrected chi connectivity index (χ3v) is 2.63. The highest BCUT2D eigenvalue weighted by atomic mass is 14.6. The molecule has 2 heteroatoms. The van der Waals surface area contributed by atoms with Crippen molar-refractivity contribution >= 4 is 7.28 Å². The van der Waals surface area contributed by atoms with E-state index < -0.39 is 0 Å². The molecule has 0 spiro atoms. The first-order valence-electron chi connectivity index (χ1n) is 6.14. The van der Waals surface area contributed by atoms with Gasteiger partial charge in [-0.3, -0.25) is 0 Å². The third-order valence-electron chi connectivity index (χ3n) is 2.63. The lowest BCUT2D eigenvalue weighted by atomic mass is 9.59. The van der Waals surface area contributed by atoms with Crippen LogP contribution in [-0.2, 0) is 0 Å². The normalized spacial score (nSPS) is 16.6. The maximum absolute atomic E-state index is 6.11. The standard InChI is InChI=1S/C14H27BN/c1-8-11(4)12(14(5,6)7)9-13(16)15-10(2)3/h8-10,13H,16H2,1-7H3/b11-8-,12-9+. The summed E-state index contributed by atoms with van der Waals surface area (Å²) >= 11 is 0. The van der Waals surface area contributed by atoms with Gasteiger partial charge in [0.1, 0.15) is 7.28 Å². The Bertz CT molecular complexity index is 269. The predicted molar refractivity (Wildman–Crippen MR) is 75.8 cm³/mol. The van der Waals surface area contributed by atoms with Gasteiger partial charge < -0.3 is 5.73 Å². The lowest BCUT2D eigenvalue weighted by molar-refractivity contribution is 0.508. The van der Waals surface area contributed by atoms with E-state index in [4.69, 9.17) is 5.73 Å². The Morgan fingerprint density at radius 3 is 2.06 bits per heavy atom. The van der Waals surface area contributed by atoms with E-state index in [0.717, 1.165) is 0 Å². The van der Waals surface area contributed by atoms with E-state index >= 15 is 0 Å². The summed E-state index contributed by atoms with van der Waals surface area (Å²) in [6.07, 6.45) is 4.34. The second-order valence-corrected chi connectivity index (χ2v) is 5.82. The number of nitrogens with two attached hydrogens (primary N) is 1.